The van der Waals surface area contributed by atoms with E-state index in [0.29, 0.717) is 0 Å². The highest BCUT2D eigenvalue weighted by Gasteiger charge is 2.20. The molecule has 0 saturated carbocycles. The first-order valence-corrected chi connectivity index (χ1v) is 21.2. The molecule has 0 fully saturated rings. The summed E-state index contributed by atoms with van der Waals surface area (Å²) in [6, 6.07) is 83.1. The Bertz CT molecular complexity index is 3820. The van der Waals surface area contributed by atoms with E-state index < -0.39 is 0 Å². The highest BCUT2D eigenvalue weighted by molar-refractivity contribution is 6.29. The first-order chi connectivity index (χ1) is 30.2. The van der Waals surface area contributed by atoms with Gasteiger partial charge in [-0.3, -0.25) is 0 Å². The Morgan fingerprint density at radius 1 is 0.230 bits per heavy atom. The zero-order valence-corrected chi connectivity index (χ0v) is 33.3. The van der Waals surface area contributed by atoms with Gasteiger partial charge >= 0.3 is 0 Å². The lowest BCUT2D eigenvalue weighted by Gasteiger charge is -2.19. The Hall–Kier alpha value is -8.00. The van der Waals surface area contributed by atoms with Crippen molar-refractivity contribution in [3.63, 3.8) is 0 Å². The highest BCUT2D eigenvalue weighted by Crippen LogP contribution is 2.46. The van der Waals surface area contributed by atoms with Crippen molar-refractivity contribution in [2.24, 2.45) is 0 Å². The predicted octanol–water partition coefficient (Wildman–Crippen LogP) is 16.7. The molecular weight excluding hydrogens is 735 g/mol. The summed E-state index contributed by atoms with van der Waals surface area (Å²) >= 11 is 0. The van der Waals surface area contributed by atoms with Crippen LogP contribution >= 0.6 is 0 Å². The second-order valence-electron chi connectivity index (χ2n) is 16.4. The van der Waals surface area contributed by atoms with E-state index >= 15 is 0 Å². The lowest BCUT2D eigenvalue weighted by Crippen LogP contribution is -1.94. The maximum absolute atomic E-state index is 2.47. The summed E-state index contributed by atoms with van der Waals surface area (Å²) < 4.78 is 2.47. The van der Waals surface area contributed by atoms with Crippen LogP contribution in [-0.4, -0.2) is 4.57 Å². The second kappa shape index (κ2) is 13.3. The molecule has 12 aromatic carbocycles. The number of hydrogen-bond donors (Lipinski definition) is 0. The molecule has 13 aromatic rings. The third-order valence-corrected chi connectivity index (χ3v) is 13.1. The van der Waals surface area contributed by atoms with Crippen molar-refractivity contribution in [3.05, 3.63) is 224 Å². The van der Waals surface area contributed by atoms with Crippen molar-refractivity contribution in [3.8, 4) is 39.1 Å². The second-order valence-corrected chi connectivity index (χ2v) is 16.4. The summed E-state index contributed by atoms with van der Waals surface area (Å²) in [5.74, 6) is 0. The molecule has 0 saturated heterocycles. The first-order valence-electron chi connectivity index (χ1n) is 21.2. The molecule has 0 bridgehead atoms. The van der Waals surface area contributed by atoms with Crippen molar-refractivity contribution in [1.29, 1.82) is 0 Å². The van der Waals surface area contributed by atoms with Gasteiger partial charge in [-0.05, 0) is 147 Å². The van der Waals surface area contributed by atoms with Crippen LogP contribution in [-0.2, 0) is 0 Å². The van der Waals surface area contributed by atoms with E-state index in [1.54, 1.807) is 0 Å². The van der Waals surface area contributed by atoms with Gasteiger partial charge in [0.1, 0.15) is 0 Å². The van der Waals surface area contributed by atoms with Gasteiger partial charge in [0, 0.05) is 16.5 Å². The van der Waals surface area contributed by atoms with E-state index in [1.807, 2.05) is 0 Å². The van der Waals surface area contributed by atoms with Gasteiger partial charge in [0.05, 0.1) is 11.0 Å². The predicted molar refractivity (Wildman–Crippen MR) is 262 cm³/mol. The molecule has 1 nitrogen and oxygen atoms in total. The standard InChI is InChI=1S/C60H37N/c1-3-13-38(14-4-1)44-26-30-53-54(37-44)57(41-17-5-2-6-18-41)51-21-11-12-22-52(51)58(53)45-24-23-42-34-47-36-48(29-25-43(47)33-46(42)35-45)61-55-31-27-39-15-7-9-19-49(39)59(55)60-50-20-10-8-16-40(50)28-32-56(60)61/h1-37H. The van der Waals surface area contributed by atoms with E-state index in [-0.39, 0.29) is 0 Å². The Labute approximate surface area is 353 Å². The molecule has 0 unspecified atom stereocenters. The Morgan fingerprint density at radius 2 is 0.705 bits per heavy atom. The Kier molecular flexibility index (Phi) is 7.37. The molecular formula is C60H37N. The number of fused-ring (bicyclic) bond motifs is 11. The summed E-state index contributed by atoms with van der Waals surface area (Å²) in [4.78, 5) is 0. The molecule has 1 heteroatoms. The molecule has 61 heavy (non-hydrogen) atoms. The summed E-state index contributed by atoms with van der Waals surface area (Å²) in [5, 5.41) is 17.7. The third-order valence-electron chi connectivity index (χ3n) is 13.1. The Balaban J connectivity index is 1.01. The van der Waals surface area contributed by atoms with Gasteiger partial charge < -0.3 is 4.57 Å². The van der Waals surface area contributed by atoms with Crippen LogP contribution in [0.15, 0.2) is 224 Å². The monoisotopic (exact) mass is 771 g/mol. The van der Waals surface area contributed by atoms with Gasteiger partial charge in [0.15, 0.2) is 0 Å². The molecule has 13 rings (SSSR count). The molecule has 0 aliphatic carbocycles. The zero-order valence-electron chi connectivity index (χ0n) is 33.3. The maximum Gasteiger partial charge on any atom is 0.0547 e. The van der Waals surface area contributed by atoms with E-state index in [1.165, 1.54) is 126 Å². The summed E-state index contributed by atoms with van der Waals surface area (Å²) in [6.45, 7) is 0. The van der Waals surface area contributed by atoms with E-state index in [4.69, 9.17) is 0 Å². The van der Waals surface area contributed by atoms with Crippen molar-refractivity contribution in [2.45, 2.75) is 0 Å². The van der Waals surface area contributed by atoms with Gasteiger partial charge in [0.25, 0.3) is 0 Å². The number of benzene rings is 12. The van der Waals surface area contributed by atoms with Crippen molar-refractivity contribution < 1.29 is 0 Å². The molecule has 0 spiro atoms. The van der Waals surface area contributed by atoms with Crippen molar-refractivity contribution in [1.82, 2.24) is 4.57 Å². The van der Waals surface area contributed by atoms with E-state index in [0.717, 1.165) is 0 Å². The van der Waals surface area contributed by atoms with E-state index in [2.05, 4.69) is 229 Å². The fourth-order valence-corrected chi connectivity index (χ4v) is 10.3. The third kappa shape index (κ3) is 5.21. The number of aromatic nitrogens is 1. The molecule has 0 amide bonds. The van der Waals surface area contributed by atoms with Crippen LogP contribution in [0, 0.1) is 0 Å². The minimum absolute atomic E-state index is 1.17. The largest absolute Gasteiger partial charge is 0.309 e. The average molecular weight is 772 g/mol. The van der Waals surface area contributed by atoms with Crippen molar-refractivity contribution in [2.75, 3.05) is 0 Å². The molecule has 0 atom stereocenters. The van der Waals surface area contributed by atoms with Crippen LogP contribution in [0.4, 0.5) is 0 Å². The summed E-state index contributed by atoms with van der Waals surface area (Å²) in [6.07, 6.45) is 0. The summed E-state index contributed by atoms with van der Waals surface area (Å²) in [7, 11) is 0. The lowest BCUT2D eigenvalue weighted by atomic mass is 9.84. The molecule has 282 valence electrons. The number of hydrogen-bond acceptors (Lipinski definition) is 0. The maximum atomic E-state index is 2.47. The molecule has 0 aliphatic heterocycles. The van der Waals surface area contributed by atoms with Gasteiger partial charge in [-0.1, -0.05) is 176 Å². The quantitative estimate of drug-likeness (QED) is 0.157. The molecule has 1 aromatic heterocycles. The molecule has 0 N–H and O–H groups in total. The van der Waals surface area contributed by atoms with Crippen LogP contribution in [0.3, 0.4) is 0 Å². The van der Waals surface area contributed by atoms with Crippen LogP contribution in [0.1, 0.15) is 0 Å². The zero-order chi connectivity index (χ0) is 40.0. The van der Waals surface area contributed by atoms with Crippen LogP contribution in [0.2, 0.25) is 0 Å². The minimum atomic E-state index is 1.17. The van der Waals surface area contributed by atoms with Gasteiger partial charge in [-0.25, -0.2) is 0 Å². The SMILES string of the molecule is c1ccc(-c2ccc3c(-c4ccc5cc6cc(-n7c8ccc9ccccc9c8c8c9ccccc9ccc87)ccc6cc5c4)c4ccccc4c(-c4ccccc4)c3c2)cc1. The van der Waals surface area contributed by atoms with Gasteiger partial charge in [0.2, 0.25) is 0 Å². The first kappa shape index (κ1) is 33.9. The molecule has 1 heterocycles. The summed E-state index contributed by atoms with van der Waals surface area (Å²) in [5.41, 5.74) is 11.1. The number of rotatable bonds is 4. The molecule has 0 radical (unpaired) electrons. The fraction of sp³-hybridized carbons (Fsp3) is 0. The van der Waals surface area contributed by atoms with Gasteiger partial charge in [-0.15, -0.1) is 0 Å². The van der Waals surface area contributed by atoms with Gasteiger partial charge in [-0.2, -0.15) is 0 Å². The smallest absolute Gasteiger partial charge is 0.0547 e. The topological polar surface area (TPSA) is 4.93 Å². The number of nitrogens with zero attached hydrogens (tertiary/aromatic N) is 1. The van der Waals surface area contributed by atoms with E-state index in [9.17, 15) is 0 Å². The van der Waals surface area contributed by atoms with Crippen LogP contribution < -0.4 is 0 Å². The average Bonchev–Trinajstić information content (AvgIpc) is 3.68. The lowest BCUT2D eigenvalue weighted by molar-refractivity contribution is 1.19. The van der Waals surface area contributed by atoms with Crippen LogP contribution in [0.25, 0.3) is 126 Å². The van der Waals surface area contributed by atoms with Crippen LogP contribution in [0.5, 0.6) is 0 Å². The normalized spacial score (nSPS) is 11.9. The highest BCUT2D eigenvalue weighted by atomic mass is 15.0. The minimum Gasteiger partial charge on any atom is -0.309 e. The van der Waals surface area contributed by atoms with Crippen molar-refractivity contribution >= 4 is 86.4 Å². The molecule has 0 aliphatic rings. The Morgan fingerprint density at radius 3 is 1.34 bits per heavy atom. The fourth-order valence-electron chi connectivity index (χ4n) is 10.3.